The summed E-state index contributed by atoms with van der Waals surface area (Å²) in [6, 6.07) is 5.25. The highest BCUT2D eigenvalue weighted by Gasteiger charge is 2.52. The van der Waals surface area contributed by atoms with Crippen LogP contribution in [0.2, 0.25) is 0 Å². The van der Waals surface area contributed by atoms with Crippen LogP contribution in [0.4, 0.5) is 9.18 Å². The smallest absolute Gasteiger partial charge is 0.325 e. The van der Waals surface area contributed by atoms with Crippen molar-refractivity contribution < 1.29 is 28.3 Å². The molecule has 1 spiro atoms. The standard InChI is InChI=1S/C20H25FN4O5/c1-13(30-15-8-3-2-7-14(15)21)17(27)24-23-16(26)9-6-12-25-18(28)20(22-19(25)29)10-4-5-11-20/h2-3,7-8,13H,4-6,9-12H2,1H3,(H,22,29)(H,23,26)(H,24,27)/t13-/m1/s1. The number of para-hydroxylation sites is 1. The molecule has 1 aromatic rings. The number of nitrogens with one attached hydrogen (secondary N) is 3. The number of imide groups is 1. The first-order chi connectivity index (χ1) is 14.3. The molecule has 0 radical (unpaired) electrons. The Hall–Kier alpha value is -3.17. The molecule has 3 N–H and O–H groups in total. The van der Waals surface area contributed by atoms with Crippen molar-refractivity contribution in [3.63, 3.8) is 0 Å². The van der Waals surface area contributed by atoms with E-state index >= 15 is 0 Å². The van der Waals surface area contributed by atoms with E-state index in [4.69, 9.17) is 4.74 Å². The van der Waals surface area contributed by atoms with Crippen molar-refractivity contribution in [2.75, 3.05) is 6.54 Å². The van der Waals surface area contributed by atoms with E-state index in [-0.39, 0.29) is 31.0 Å². The number of rotatable bonds is 7. The van der Waals surface area contributed by atoms with Crippen molar-refractivity contribution in [3.8, 4) is 5.75 Å². The van der Waals surface area contributed by atoms with Gasteiger partial charge in [0.05, 0.1) is 0 Å². The third kappa shape index (κ3) is 4.69. The Morgan fingerprint density at radius 2 is 1.93 bits per heavy atom. The van der Waals surface area contributed by atoms with Gasteiger partial charge in [0.1, 0.15) is 5.54 Å². The number of benzene rings is 1. The molecule has 0 unspecified atom stereocenters. The summed E-state index contributed by atoms with van der Waals surface area (Å²) in [4.78, 5) is 49.7. The van der Waals surface area contributed by atoms with E-state index in [0.717, 1.165) is 17.7 Å². The summed E-state index contributed by atoms with van der Waals surface area (Å²) in [5.41, 5.74) is 3.69. The Kier molecular flexibility index (Phi) is 6.53. The van der Waals surface area contributed by atoms with E-state index in [1.54, 1.807) is 6.07 Å². The zero-order valence-corrected chi connectivity index (χ0v) is 16.7. The number of urea groups is 1. The molecule has 1 aromatic carbocycles. The lowest BCUT2D eigenvalue weighted by Crippen LogP contribution is -2.47. The van der Waals surface area contributed by atoms with Crippen LogP contribution in [0.25, 0.3) is 0 Å². The summed E-state index contributed by atoms with van der Waals surface area (Å²) in [6.07, 6.45) is 2.34. The van der Waals surface area contributed by atoms with Crippen molar-refractivity contribution in [1.82, 2.24) is 21.1 Å². The Labute approximate surface area is 173 Å². The second-order valence-corrected chi connectivity index (χ2v) is 7.51. The lowest BCUT2D eigenvalue weighted by molar-refractivity contribution is -0.133. The minimum absolute atomic E-state index is 0.00684. The average Bonchev–Trinajstić information content (AvgIpc) is 3.28. The molecular weight excluding hydrogens is 395 g/mol. The maximum absolute atomic E-state index is 13.6. The molecule has 0 bridgehead atoms. The normalized spacial score (nSPS) is 18.3. The van der Waals surface area contributed by atoms with Crippen LogP contribution in [-0.4, -0.2) is 46.8 Å². The number of halogens is 1. The fourth-order valence-corrected chi connectivity index (χ4v) is 3.67. The molecule has 1 heterocycles. The highest BCUT2D eigenvalue weighted by Crippen LogP contribution is 2.35. The third-order valence-corrected chi connectivity index (χ3v) is 5.32. The molecule has 1 aliphatic heterocycles. The molecular formula is C20H25FN4O5. The van der Waals surface area contributed by atoms with Gasteiger partial charge in [-0.3, -0.25) is 30.1 Å². The summed E-state index contributed by atoms with van der Waals surface area (Å²) in [7, 11) is 0. The molecule has 2 fully saturated rings. The summed E-state index contributed by atoms with van der Waals surface area (Å²) >= 11 is 0. The topological polar surface area (TPSA) is 117 Å². The first kappa shape index (κ1) is 21.5. The van der Waals surface area contributed by atoms with Crippen LogP contribution < -0.4 is 20.9 Å². The highest BCUT2D eigenvalue weighted by atomic mass is 19.1. The Bertz CT molecular complexity index is 840. The second-order valence-electron chi connectivity index (χ2n) is 7.51. The Morgan fingerprint density at radius 3 is 2.63 bits per heavy atom. The lowest BCUT2D eigenvalue weighted by atomic mass is 9.98. The molecule has 9 nitrogen and oxygen atoms in total. The zero-order chi connectivity index (χ0) is 21.7. The van der Waals surface area contributed by atoms with E-state index in [9.17, 15) is 23.6 Å². The zero-order valence-electron chi connectivity index (χ0n) is 16.7. The van der Waals surface area contributed by atoms with Crippen LogP contribution >= 0.6 is 0 Å². The van der Waals surface area contributed by atoms with Gasteiger partial charge in [-0.25, -0.2) is 9.18 Å². The Morgan fingerprint density at radius 1 is 1.23 bits per heavy atom. The fourth-order valence-electron chi connectivity index (χ4n) is 3.67. The molecule has 1 aliphatic carbocycles. The minimum Gasteiger partial charge on any atom is -0.478 e. The monoisotopic (exact) mass is 420 g/mol. The van der Waals surface area contributed by atoms with Gasteiger partial charge in [0.15, 0.2) is 17.7 Å². The van der Waals surface area contributed by atoms with Gasteiger partial charge >= 0.3 is 6.03 Å². The fraction of sp³-hybridized carbons (Fsp3) is 0.500. The number of ether oxygens (including phenoxy) is 1. The van der Waals surface area contributed by atoms with Crippen molar-refractivity contribution in [3.05, 3.63) is 30.1 Å². The molecule has 3 rings (SSSR count). The van der Waals surface area contributed by atoms with Gasteiger partial charge in [0, 0.05) is 13.0 Å². The minimum atomic E-state index is -1.03. The van der Waals surface area contributed by atoms with Gasteiger partial charge in [-0.05, 0) is 38.3 Å². The molecule has 1 saturated heterocycles. The molecule has 1 saturated carbocycles. The molecule has 0 aromatic heterocycles. The van der Waals surface area contributed by atoms with Crippen LogP contribution in [-0.2, 0) is 14.4 Å². The number of hydrazine groups is 1. The van der Waals surface area contributed by atoms with Crippen molar-refractivity contribution >= 4 is 23.8 Å². The average molecular weight is 420 g/mol. The summed E-state index contributed by atoms with van der Waals surface area (Å²) in [5, 5.41) is 2.78. The summed E-state index contributed by atoms with van der Waals surface area (Å²) in [5.74, 6) is -2.02. The van der Waals surface area contributed by atoms with Crippen LogP contribution in [0.5, 0.6) is 5.75 Å². The van der Waals surface area contributed by atoms with Gasteiger partial charge in [-0.2, -0.15) is 0 Å². The number of carbonyl (C=O) groups excluding carboxylic acids is 4. The maximum atomic E-state index is 13.6. The van der Waals surface area contributed by atoms with Crippen LogP contribution in [0, 0.1) is 5.82 Å². The van der Waals surface area contributed by atoms with Crippen LogP contribution in [0.3, 0.4) is 0 Å². The SMILES string of the molecule is C[C@@H](Oc1ccccc1F)C(=O)NNC(=O)CCCN1C(=O)NC2(CCCC2)C1=O. The van der Waals surface area contributed by atoms with Crippen LogP contribution in [0.1, 0.15) is 45.4 Å². The predicted octanol–water partition coefficient (Wildman–Crippen LogP) is 1.39. The largest absolute Gasteiger partial charge is 0.478 e. The summed E-state index contributed by atoms with van der Waals surface area (Å²) in [6.45, 7) is 1.55. The number of hydrogen-bond donors (Lipinski definition) is 3. The van der Waals surface area contributed by atoms with Gasteiger partial charge in [0.25, 0.3) is 11.8 Å². The lowest BCUT2D eigenvalue weighted by Gasteiger charge is -2.20. The number of carbonyl (C=O) groups is 4. The molecule has 162 valence electrons. The second kappa shape index (κ2) is 9.10. The molecule has 1 atom stereocenters. The molecule has 10 heteroatoms. The number of amides is 5. The van der Waals surface area contributed by atoms with Crippen LogP contribution in [0.15, 0.2) is 24.3 Å². The summed E-state index contributed by atoms with van der Waals surface area (Å²) < 4.78 is 18.8. The number of nitrogens with zero attached hydrogens (tertiary/aromatic N) is 1. The van der Waals surface area contributed by atoms with Crippen molar-refractivity contribution in [2.24, 2.45) is 0 Å². The number of hydrogen-bond acceptors (Lipinski definition) is 5. The van der Waals surface area contributed by atoms with Gasteiger partial charge < -0.3 is 10.1 Å². The van der Waals surface area contributed by atoms with E-state index in [2.05, 4.69) is 16.2 Å². The molecule has 30 heavy (non-hydrogen) atoms. The van der Waals surface area contributed by atoms with E-state index in [0.29, 0.717) is 12.8 Å². The first-order valence-corrected chi connectivity index (χ1v) is 9.96. The van der Waals surface area contributed by atoms with Crippen molar-refractivity contribution in [1.29, 1.82) is 0 Å². The van der Waals surface area contributed by atoms with E-state index in [1.807, 2.05) is 0 Å². The first-order valence-electron chi connectivity index (χ1n) is 9.96. The van der Waals surface area contributed by atoms with E-state index in [1.165, 1.54) is 25.1 Å². The Balaban J connectivity index is 1.38. The maximum Gasteiger partial charge on any atom is 0.325 e. The van der Waals surface area contributed by atoms with Crippen molar-refractivity contribution in [2.45, 2.75) is 57.1 Å². The molecule has 2 aliphatic rings. The quantitative estimate of drug-likeness (QED) is 0.455. The van der Waals surface area contributed by atoms with E-state index < -0.39 is 35.3 Å². The highest BCUT2D eigenvalue weighted by molar-refractivity contribution is 6.07. The van der Waals surface area contributed by atoms with Gasteiger partial charge in [-0.1, -0.05) is 25.0 Å². The molecule has 5 amide bonds. The predicted molar refractivity (Wildman–Crippen MR) is 103 cm³/mol. The third-order valence-electron chi connectivity index (χ3n) is 5.32. The van der Waals surface area contributed by atoms with Gasteiger partial charge in [-0.15, -0.1) is 0 Å². The van der Waals surface area contributed by atoms with Gasteiger partial charge in [0.2, 0.25) is 5.91 Å².